The van der Waals surface area contributed by atoms with Crippen molar-refractivity contribution in [3.05, 3.63) is 60.4 Å². The third kappa shape index (κ3) is 4.04. The number of hydrogen-bond acceptors (Lipinski definition) is 7. The van der Waals surface area contributed by atoms with Crippen molar-refractivity contribution in [2.75, 3.05) is 41.8 Å². The van der Waals surface area contributed by atoms with E-state index in [1.807, 2.05) is 24.3 Å². The molecule has 2 N–H and O–H groups in total. The molecule has 3 heterocycles. The van der Waals surface area contributed by atoms with E-state index >= 15 is 0 Å². The summed E-state index contributed by atoms with van der Waals surface area (Å²) in [4.78, 5) is 30.4. The van der Waals surface area contributed by atoms with Gasteiger partial charge in [0.25, 0.3) is 11.8 Å². The van der Waals surface area contributed by atoms with Crippen molar-refractivity contribution in [1.82, 2.24) is 4.98 Å². The Morgan fingerprint density at radius 2 is 1.75 bits per heavy atom. The van der Waals surface area contributed by atoms with Gasteiger partial charge >= 0.3 is 6.01 Å². The van der Waals surface area contributed by atoms with E-state index in [0.29, 0.717) is 18.9 Å². The molecule has 0 radical (unpaired) electrons. The number of anilines is 3. The van der Waals surface area contributed by atoms with Crippen LogP contribution in [0.15, 0.2) is 57.8 Å². The highest BCUT2D eigenvalue weighted by Gasteiger charge is 2.17. The molecule has 9 nitrogen and oxygen atoms in total. The molecule has 0 bridgehead atoms. The zero-order chi connectivity index (χ0) is 19.3. The Morgan fingerprint density at radius 1 is 0.964 bits per heavy atom. The lowest BCUT2D eigenvalue weighted by Gasteiger charge is -2.28. The molecule has 0 spiro atoms. The number of benzene rings is 1. The van der Waals surface area contributed by atoms with Crippen LogP contribution >= 0.6 is 0 Å². The quantitative estimate of drug-likeness (QED) is 0.698. The molecule has 4 rings (SSSR count). The maximum atomic E-state index is 12.3. The molecule has 3 aromatic rings. The Kier molecular flexibility index (Phi) is 5.07. The number of nitrogens with zero attached hydrogens (tertiary/aromatic N) is 2. The monoisotopic (exact) mass is 382 g/mol. The van der Waals surface area contributed by atoms with Crippen LogP contribution in [0.4, 0.5) is 17.4 Å². The van der Waals surface area contributed by atoms with Gasteiger partial charge in [-0.2, -0.15) is 4.98 Å². The second-order valence-electron chi connectivity index (χ2n) is 6.07. The molecule has 0 saturated carbocycles. The van der Waals surface area contributed by atoms with Gasteiger partial charge in [0, 0.05) is 24.5 Å². The molecule has 28 heavy (non-hydrogen) atoms. The number of ether oxygens (including phenoxy) is 1. The summed E-state index contributed by atoms with van der Waals surface area (Å²) < 4.78 is 15.5. The van der Waals surface area contributed by atoms with Crippen molar-refractivity contribution in [3.63, 3.8) is 0 Å². The van der Waals surface area contributed by atoms with Gasteiger partial charge in [-0.05, 0) is 36.4 Å². The number of morpholine rings is 1. The smallest absolute Gasteiger partial charge is 0.302 e. The standard InChI is InChI=1S/C19H18N4O5/c24-17(15-12-28-19(21-15)22-18(25)16-2-1-9-27-16)20-13-3-5-14(6-4-13)23-7-10-26-11-8-23/h1-6,9,12H,7-8,10-11H2,(H,20,24)(H,21,22,25). The average molecular weight is 382 g/mol. The van der Waals surface area contributed by atoms with Crippen molar-refractivity contribution in [1.29, 1.82) is 0 Å². The SMILES string of the molecule is O=C(Nc1ccc(N2CCOCC2)cc1)c1coc(NC(=O)c2ccco2)n1. The highest BCUT2D eigenvalue weighted by Crippen LogP contribution is 2.20. The molecule has 0 unspecified atom stereocenters. The first-order chi connectivity index (χ1) is 13.7. The molecule has 1 aromatic carbocycles. The van der Waals surface area contributed by atoms with Crippen molar-refractivity contribution < 1.29 is 23.2 Å². The summed E-state index contributed by atoms with van der Waals surface area (Å²) in [5.74, 6) is -0.844. The molecule has 144 valence electrons. The molecule has 9 heteroatoms. The molecule has 0 atom stereocenters. The van der Waals surface area contributed by atoms with Crippen molar-refractivity contribution >= 4 is 29.2 Å². The molecular formula is C19H18N4O5. The molecule has 0 aliphatic carbocycles. The van der Waals surface area contributed by atoms with Crippen LogP contribution < -0.4 is 15.5 Å². The number of hydrogen-bond donors (Lipinski definition) is 2. The average Bonchev–Trinajstić information content (AvgIpc) is 3.41. The number of carbonyl (C=O) groups excluding carboxylic acids is 2. The minimum Gasteiger partial charge on any atom is -0.459 e. The number of aromatic nitrogens is 1. The predicted octanol–water partition coefficient (Wildman–Crippen LogP) is 2.61. The van der Waals surface area contributed by atoms with Crippen LogP contribution in [0.2, 0.25) is 0 Å². The Bertz CT molecular complexity index is 943. The van der Waals surface area contributed by atoms with Crippen molar-refractivity contribution in [2.24, 2.45) is 0 Å². The Hall–Kier alpha value is -3.59. The number of amides is 2. The molecule has 1 aliphatic heterocycles. The molecule has 1 saturated heterocycles. The zero-order valence-corrected chi connectivity index (χ0v) is 14.9. The fraction of sp³-hybridized carbons (Fsp3) is 0.211. The van der Waals surface area contributed by atoms with Gasteiger partial charge < -0.3 is 23.8 Å². The van der Waals surface area contributed by atoms with E-state index in [1.54, 1.807) is 6.07 Å². The topological polar surface area (TPSA) is 110 Å². The molecule has 2 amide bonds. The van der Waals surface area contributed by atoms with E-state index in [1.165, 1.54) is 18.6 Å². The number of rotatable bonds is 5. The maximum Gasteiger partial charge on any atom is 0.302 e. The lowest BCUT2D eigenvalue weighted by molar-refractivity contribution is 0.0990. The summed E-state index contributed by atoms with van der Waals surface area (Å²) >= 11 is 0. The van der Waals surface area contributed by atoms with Crippen molar-refractivity contribution in [2.45, 2.75) is 0 Å². The second-order valence-corrected chi connectivity index (χ2v) is 6.07. The summed E-state index contributed by atoms with van der Waals surface area (Å²) in [5, 5.41) is 5.17. The van der Waals surface area contributed by atoms with Crippen LogP contribution in [0.5, 0.6) is 0 Å². The summed E-state index contributed by atoms with van der Waals surface area (Å²) in [6.45, 7) is 3.11. The third-order valence-electron chi connectivity index (χ3n) is 4.20. The lowest BCUT2D eigenvalue weighted by atomic mass is 10.2. The van der Waals surface area contributed by atoms with E-state index in [-0.39, 0.29) is 17.5 Å². The highest BCUT2D eigenvalue weighted by atomic mass is 16.5. The van der Waals surface area contributed by atoms with Crippen LogP contribution in [-0.2, 0) is 4.74 Å². The minimum absolute atomic E-state index is 0.0481. The Labute approximate surface area is 160 Å². The Balaban J connectivity index is 1.36. The van der Waals surface area contributed by atoms with Gasteiger partial charge in [-0.25, -0.2) is 0 Å². The van der Waals surface area contributed by atoms with Gasteiger partial charge in [-0.1, -0.05) is 0 Å². The first kappa shape index (κ1) is 17.8. The lowest BCUT2D eigenvalue weighted by Crippen LogP contribution is -2.36. The molecule has 2 aromatic heterocycles. The number of carbonyl (C=O) groups is 2. The van der Waals surface area contributed by atoms with Gasteiger partial charge in [0.2, 0.25) is 0 Å². The van der Waals surface area contributed by atoms with Crippen LogP contribution in [-0.4, -0.2) is 43.1 Å². The summed E-state index contributed by atoms with van der Waals surface area (Å²) in [7, 11) is 0. The maximum absolute atomic E-state index is 12.3. The van der Waals surface area contributed by atoms with Crippen LogP contribution in [0.1, 0.15) is 21.0 Å². The number of nitrogens with one attached hydrogen (secondary N) is 2. The molecule has 1 aliphatic rings. The fourth-order valence-corrected chi connectivity index (χ4v) is 2.77. The largest absolute Gasteiger partial charge is 0.459 e. The summed E-state index contributed by atoms with van der Waals surface area (Å²) in [5.41, 5.74) is 1.75. The first-order valence-corrected chi connectivity index (χ1v) is 8.73. The highest BCUT2D eigenvalue weighted by molar-refractivity contribution is 6.04. The van der Waals surface area contributed by atoms with Gasteiger partial charge in [0.05, 0.1) is 19.5 Å². The van der Waals surface area contributed by atoms with Crippen LogP contribution in [0.25, 0.3) is 0 Å². The summed E-state index contributed by atoms with van der Waals surface area (Å²) in [6.07, 6.45) is 2.56. The van der Waals surface area contributed by atoms with Gasteiger partial charge in [0.1, 0.15) is 6.26 Å². The van der Waals surface area contributed by atoms with E-state index in [2.05, 4.69) is 20.5 Å². The van der Waals surface area contributed by atoms with E-state index in [4.69, 9.17) is 13.6 Å². The fourth-order valence-electron chi connectivity index (χ4n) is 2.77. The van der Waals surface area contributed by atoms with Gasteiger partial charge in [0.15, 0.2) is 11.5 Å². The van der Waals surface area contributed by atoms with E-state index in [0.717, 1.165) is 18.8 Å². The summed E-state index contributed by atoms with van der Waals surface area (Å²) in [6, 6.07) is 10.5. The molecular weight excluding hydrogens is 364 g/mol. The van der Waals surface area contributed by atoms with E-state index < -0.39 is 11.8 Å². The second kappa shape index (κ2) is 7.97. The van der Waals surface area contributed by atoms with Gasteiger partial charge in [-0.15, -0.1) is 0 Å². The predicted molar refractivity (Wildman–Crippen MR) is 101 cm³/mol. The first-order valence-electron chi connectivity index (χ1n) is 8.73. The van der Waals surface area contributed by atoms with Crippen LogP contribution in [0.3, 0.4) is 0 Å². The number of oxazole rings is 1. The Morgan fingerprint density at radius 3 is 2.46 bits per heavy atom. The van der Waals surface area contributed by atoms with Gasteiger partial charge in [-0.3, -0.25) is 14.9 Å². The van der Waals surface area contributed by atoms with E-state index in [9.17, 15) is 9.59 Å². The number of furan rings is 1. The minimum atomic E-state index is -0.516. The normalized spacial score (nSPS) is 13.9. The van der Waals surface area contributed by atoms with Crippen LogP contribution in [0, 0.1) is 0 Å². The third-order valence-corrected chi connectivity index (χ3v) is 4.20. The zero-order valence-electron chi connectivity index (χ0n) is 14.9. The molecule has 1 fully saturated rings. The van der Waals surface area contributed by atoms with Crippen molar-refractivity contribution in [3.8, 4) is 0 Å².